The van der Waals surface area contributed by atoms with Crippen LogP contribution in [-0.4, -0.2) is 15.7 Å². The molecule has 0 radical (unpaired) electrons. The van der Waals surface area contributed by atoms with E-state index >= 15 is 0 Å². The maximum atomic E-state index is 5.24. The third-order valence-electron chi connectivity index (χ3n) is 5.54. The van der Waals surface area contributed by atoms with Crippen LogP contribution in [0.4, 0.5) is 0 Å². The predicted octanol–water partition coefficient (Wildman–Crippen LogP) is 5.83. The Balaban J connectivity index is 1.65. The number of aromatic nitrogens is 1. The first kappa shape index (κ1) is 18.3. The average Bonchev–Trinajstić information content (AvgIpc) is 3.20. The SMILES string of the molecule is c1ccc(CN2C(c3ccccn3)=N[C@H](c3ccccc3)[C@@H]2c2ccccc2)cc1. The second-order valence-electron chi connectivity index (χ2n) is 7.49. The Bertz CT molecular complexity index is 1110. The number of pyridine rings is 1. The molecule has 1 aliphatic rings. The van der Waals surface area contributed by atoms with E-state index in [2.05, 4.69) is 101 Å². The van der Waals surface area contributed by atoms with Crippen LogP contribution in [0.15, 0.2) is 120 Å². The van der Waals surface area contributed by atoms with Crippen LogP contribution >= 0.6 is 0 Å². The number of nitrogens with zero attached hydrogens (tertiary/aromatic N) is 3. The normalized spacial score (nSPS) is 18.3. The lowest BCUT2D eigenvalue weighted by Crippen LogP contribution is -2.32. The maximum absolute atomic E-state index is 5.24. The molecule has 1 aliphatic heterocycles. The summed E-state index contributed by atoms with van der Waals surface area (Å²) in [7, 11) is 0. The zero-order chi connectivity index (χ0) is 20.2. The monoisotopic (exact) mass is 389 g/mol. The van der Waals surface area contributed by atoms with Crippen LogP contribution in [0.5, 0.6) is 0 Å². The highest BCUT2D eigenvalue weighted by molar-refractivity contribution is 5.98. The van der Waals surface area contributed by atoms with Gasteiger partial charge in [-0.2, -0.15) is 0 Å². The first-order valence-electron chi connectivity index (χ1n) is 10.3. The molecule has 2 heterocycles. The minimum absolute atomic E-state index is 0.00863. The molecule has 3 nitrogen and oxygen atoms in total. The minimum atomic E-state index is 0.00863. The lowest BCUT2D eigenvalue weighted by atomic mass is 9.93. The molecule has 0 spiro atoms. The van der Waals surface area contributed by atoms with Crippen LogP contribution in [0, 0.1) is 0 Å². The smallest absolute Gasteiger partial charge is 0.151 e. The molecule has 3 aromatic carbocycles. The van der Waals surface area contributed by atoms with Crippen molar-refractivity contribution in [2.45, 2.75) is 18.6 Å². The molecule has 3 heteroatoms. The van der Waals surface area contributed by atoms with Crippen molar-refractivity contribution in [3.05, 3.63) is 138 Å². The molecule has 146 valence electrons. The highest BCUT2D eigenvalue weighted by Gasteiger charge is 2.38. The molecule has 0 unspecified atom stereocenters. The summed E-state index contributed by atoms with van der Waals surface area (Å²) in [6.07, 6.45) is 1.84. The third-order valence-corrected chi connectivity index (χ3v) is 5.54. The fourth-order valence-electron chi connectivity index (χ4n) is 4.16. The number of hydrogen-bond acceptors (Lipinski definition) is 3. The number of amidine groups is 1. The van der Waals surface area contributed by atoms with E-state index in [9.17, 15) is 0 Å². The number of rotatable bonds is 5. The van der Waals surface area contributed by atoms with Gasteiger partial charge in [0, 0.05) is 12.7 Å². The fraction of sp³-hybridized carbons (Fsp3) is 0.111. The Kier molecular flexibility index (Phi) is 5.09. The van der Waals surface area contributed by atoms with Crippen LogP contribution < -0.4 is 0 Å². The van der Waals surface area contributed by atoms with E-state index in [4.69, 9.17) is 4.99 Å². The molecule has 0 saturated heterocycles. The van der Waals surface area contributed by atoms with Gasteiger partial charge >= 0.3 is 0 Å². The van der Waals surface area contributed by atoms with Gasteiger partial charge < -0.3 is 4.90 Å². The van der Waals surface area contributed by atoms with Crippen molar-refractivity contribution in [2.75, 3.05) is 0 Å². The van der Waals surface area contributed by atoms with Gasteiger partial charge in [-0.25, -0.2) is 0 Å². The summed E-state index contributed by atoms with van der Waals surface area (Å²) in [6.45, 7) is 0.777. The average molecular weight is 390 g/mol. The largest absolute Gasteiger partial charge is 0.341 e. The van der Waals surface area contributed by atoms with Crippen LogP contribution in [0.25, 0.3) is 0 Å². The Hall–Kier alpha value is -3.72. The molecule has 0 saturated carbocycles. The Labute approximate surface area is 177 Å². The number of aliphatic imine (C=N–C) groups is 1. The Morgan fingerprint density at radius 2 is 1.23 bits per heavy atom. The molecule has 0 fully saturated rings. The van der Waals surface area contributed by atoms with Gasteiger partial charge in [-0.3, -0.25) is 9.98 Å². The van der Waals surface area contributed by atoms with Gasteiger partial charge in [0.05, 0.1) is 6.04 Å². The van der Waals surface area contributed by atoms with Crippen LogP contribution in [0.2, 0.25) is 0 Å². The summed E-state index contributed by atoms with van der Waals surface area (Å²) in [5.74, 6) is 0.946. The standard InChI is InChI=1S/C27H23N3/c1-4-12-21(13-5-1)20-30-26(23-16-8-3-9-17-23)25(22-14-6-2-7-15-22)29-27(30)24-18-10-11-19-28-24/h1-19,25-26H,20H2/t25-,26+/m1/s1. The summed E-state index contributed by atoms with van der Waals surface area (Å²) >= 11 is 0. The Morgan fingerprint density at radius 3 is 1.87 bits per heavy atom. The van der Waals surface area contributed by atoms with E-state index in [0.717, 1.165) is 18.1 Å². The van der Waals surface area contributed by atoms with Gasteiger partial charge in [0.15, 0.2) is 5.84 Å². The Morgan fingerprint density at radius 1 is 0.633 bits per heavy atom. The van der Waals surface area contributed by atoms with E-state index in [-0.39, 0.29) is 12.1 Å². The number of hydrogen-bond donors (Lipinski definition) is 0. The summed E-state index contributed by atoms with van der Waals surface area (Å²) < 4.78 is 0. The van der Waals surface area contributed by atoms with Crippen molar-refractivity contribution in [1.29, 1.82) is 0 Å². The molecule has 1 aromatic heterocycles. The van der Waals surface area contributed by atoms with Gasteiger partial charge in [-0.1, -0.05) is 97.1 Å². The lowest BCUT2D eigenvalue weighted by molar-refractivity contribution is 0.304. The molecule has 0 amide bonds. The van der Waals surface area contributed by atoms with Crippen LogP contribution in [0.3, 0.4) is 0 Å². The fourth-order valence-corrected chi connectivity index (χ4v) is 4.16. The van der Waals surface area contributed by atoms with Gasteiger partial charge in [-0.15, -0.1) is 0 Å². The van der Waals surface area contributed by atoms with Gasteiger partial charge in [-0.05, 0) is 28.8 Å². The second-order valence-corrected chi connectivity index (χ2v) is 7.49. The summed E-state index contributed by atoms with van der Waals surface area (Å²) in [6, 6.07) is 38.0. The quantitative estimate of drug-likeness (QED) is 0.430. The first-order valence-corrected chi connectivity index (χ1v) is 10.3. The highest BCUT2D eigenvalue weighted by Crippen LogP contribution is 2.43. The zero-order valence-corrected chi connectivity index (χ0v) is 16.7. The van der Waals surface area contributed by atoms with Crippen molar-refractivity contribution in [1.82, 2.24) is 9.88 Å². The van der Waals surface area contributed by atoms with Crippen molar-refractivity contribution >= 4 is 5.84 Å². The van der Waals surface area contributed by atoms with E-state index in [0.29, 0.717) is 0 Å². The van der Waals surface area contributed by atoms with Crippen molar-refractivity contribution in [2.24, 2.45) is 4.99 Å². The molecule has 4 aromatic rings. The van der Waals surface area contributed by atoms with Crippen molar-refractivity contribution in [3.63, 3.8) is 0 Å². The van der Waals surface area contributed by atoms with E-state index in [1.807, 2.05) is 24.4 Å². The molecule has 0 N–H and O–H groups in total. The number of benzene rings is 3. The minimum Gasteiger partial charge on any atom is -0.341 e. The van der Waals surface area contributed by atoms with Gasteiger partial charge in [0.1, 0.15) is 11.7 Å². The zero-order valence-electron chi connectivity index (χ0n) is 16.7. The summed E-state index contributed by atoms with van der Waals surface area (Å²) in [4.78, 5) is 12.3. The van der Waals surface area contributed by atoms with Crippen LogP contribution in [0.1, 0.15) is 34.5 Å². The molecular weight excluding hydrogens is 366 g/mol. The topological polar surface area (TPSA) is 28.5 Å². The van der Waals surface area contributed by atoms with Gasteiger partial charge in [0.2, 0.25) is 0 Å². The molecule has 0 aliphatic carbocycles. The van der Waals surface area contributed by atoms with Crippen molar-refractivity contribution < 1.29 is 0 Å². The molecule has 2 atom stereocenters. The van der Waals surface area contributed by atoms with E-state index in [1.54, 1.807) is 0 Å². The van der Waals surface area contributed by atoms with Crippen molar-refractivity contribution in [3.8, 4) is 0 Å². The summed E-state index contributed by atoms with van der Waals surface area (Å²) in [5, 5.41) is 0. The van der Waals surface area contributed by atoms with Crippen LogP contribution in [-0.2, 0) is 6.54 Å². The van der Waals surface area contributed by atoms with E-state index < -0.39 is 0 Å². The maximum Gasteiger partial charge on any atom is 0.151 e. The summed E-state index contributed by atoms with van der Waals surface area (Å²) in [5.41, 5.74) is 4.65. The molecular formula is C27H23N3. The highest BCUT2D eigenvalue weighted by atomic mass is 15.3. The molecule has 5 rings (SSSR count). The second kappa shape index (κ2) is 8.34. The first-order chi connectivity index (χ1) is 14.9. The molecule has 0 bridgehead atoms. The third kappa shape index (κ3) is 3.62. The predicted molar refractivity (Wildman–Crippen MR) is 121 cm³/mol. The van der Waals surface area contributed by atoms with Gasteiger partial charge in [0.25, 0.3) is 0 Å². The van der Waals surface area contributed by atoms with E-state index in [1.165, 1.54) is 16.7 Å². The lowest BCUT2D eigenvalue weighted by Gasteiger charge is -2.31. The molecule has 30 heavy (non-hydrogen) atoms.